The van der Waals surface area contributed by atoms with E-state index in [0.717, 1.165) is 16.0 Å². The van der Waals surface area contributed by atoms with Gasteiger partial charge >= 0.3 is 6.09 Å². The van der Waals surface area contributed by atoms with Crippen LogP contribution >= 0.6 is 11.3 Å². The molecule has 1 N–H and O–H groups in total. The number of fused-ring (bicyclic) bond motifs is 1. The Hall–Kier alpha value is -3.00. The fourth-order valence-corrected chi connectivity index (χ4v) is 4.71. The molecule has 4 heterocycles. The molecule has 0 radical (unpaired) electrons. The van der Waals surface area contributed by atoms with E-state index in [2.05, 4.69) is 16.4 Å². The monoisotopic (exact) mass is 472 g/mol. The van der Waals surface area contributed by atoms with Crippen LogP contribution in [-0.4, -0.2) is 54.5 Å². The van der Waals surface area contributed by atoms with E-state index in [9.17, 15) is 14.9 Å². The second-order valence-electron chi connectivity index (χ2n) is 7.25. The summed E-state index contributed by atoms with van der Waals surface area (Å²) in [5.74, 6) is -0.158. The van der Waals surface area contributed by atoms with Crippen molar-refractivity contribution in [3.63, 3.8) is 0 Å². The fourth-order valence-electron chi connectivity index (χ4n) is 3.48. The first kappa shape index (κ1) is 24.6. The number of ether oxygens (including phenoxy) is 3. The number of aryl methyl sites for hydroxylation is 1. The van der Waals surface area contributed by atoms with Crippen LogP contribution in [-0.2, 0) is 38.4 Å². The average Bonchev–Trinajstić information content (AvgIpc) is 3.50. The summed E-state index contributed by atoms with van der Waals surface area (Å²) in [4.78, 5) is 31.3. The van der Waals surface area contributed by atoms with Gasteiger partial charge in [0.05, 0.1) is 18.7 Å². The first-order valence-corrected chi connectivity index (χ1v) is 11.8. The molecular weight excluding hydrogens is 444 g/mol. The van der Waals surface area contributed by atoms with Crippen LogP contribution in [0.15, 0.2) is 24.5 Å². The third-order valence-electron chi connectivity index (χ3n) is 5.13. The summed E-state index contributed by atoms with van der Waals surface area (Å²) in [6, 6.07) is 5.96. The highest BCUT2D eigenvalue weighted by molar-refractivity contribution is 7.16. The lowest BCUT2D eigenvalue weighted by molar-refractivity contribution is -0.116. The number of carbonyl (C=O) groups is 2. The number of rotatable bonds is 6. The molecule has 0 bridgehead atoms. The van der Waals surface area contributed by atoms with Crippen LogP contribution in [0.1, 0.15) is 41.8 Å². The molecule has 1 atom stereocenters. The first-order chi connectivity index (χ1) is 16.1. The highest BCUT2D eigenvalue weighted by Crippen LogP contribution is 2.37. The van der Waals surface area contributed by atoms with Crippen molar-refractivity contribution in [1.82, 2.24) is 9.88 Å². The van der Waals surface area contributed by atoms with Gasteiger partial charge in [-0.25, -0.2) is 4.79 Å². The van der Waals surface area contributed by atoms with E-state index in [-0.39, 0.29) is 25.4 Å². The summed E-state index contributed by atoms with van der Waals surface area (Å²) in [5, 5.41) is 13.0. The minimum absolute atomic E-state index is 0.147. The van der Waals surface area contributed by atoms with Gasteiger partial charge in [-0.2, -0.15) is 5.26 Å². The minimum atomic E-state index is -0.421. The molecular formula is C23H28N4O5S. The molecule has 0 saturated carbocycles. The van der Waals surface area contributed by atoms with Crippen molar-refractivity contribution in [3.05, 3.63) is 46.1 Å². The molecule has 2 amide bonds. The van der Waals surface area contributed by atoms with Gasteiger partial charge in [0.25, 0.3) is 0 Å². The van der Waals surface area contributed by atoms with Gasteiger partial charge in [-0.05, 0) is 30.0 Å². The Bertz CT molecular complexity index is 983. The Morgan fingerprint density at radius 2 is 2.27 bits per heavy atom. The maximum atomic E-state index is 12.4. The Kier molecular flexibility index (Phi) is 9.18. The number of amides is 2. The Balaban J connectivity index is 0.00000149. The zero-order valence-corrected chi connectivity index (χ0v) is 19.7. The Labute approximate surface area is 197 Å². The molecule has 0 aromatic carbocycles. The molecule has 176 valence electrons. The summed E-state index contributed by atoms with van der Waals surface area (Å²) < 4.78 is 15.7. The summed E-state index contributed by atoms with van der Waals surface area (Å²) >= 11 is 1.34. The van der Waals surface area contributed by atoms with Crippen LogP contribution in [0, 0.1) is 11.3 Å². The van der Waals surface area contributed by atoms with Crippen LogP contribution in [0.2, 0.25) is 0 Å². The lowest BCUT2D eigenvalue weighted by Gasteiger charge is -2.26. The van der Waals surface area contributed by atoms with Gasteiger partial charge in [0.15, 0.2) is 0 Å². The van der Waals surface area contributed by atoms with Gasteiger partial charge in [-0.3, -0.25) is 9.78 Å². The number of hydrogen-bond donors (Lipinski definition) is 1. The van der Waals surface area contributed by atoms with Crippen LogP contribution in [0.5, 0.6) is 0 Å². The van der Waals surface area contributed by atoms with Crippen molar-refractivity contribution in [3.8, 4) is 6.07 Å². The van der Waals surface area contributed by atoms with Crippen molar-refractivity contribution in [1.29, 1.82) is 5.26 Å². The number of pyridine rings is 1. The van der Waals surface area contributed by atoms with Crippen molar-refractivity contribution in [2.45, 2.75) is 45.8 Å². The quantitative estimate of drug-likeness (QED) is 0.685. The number of thiophene rings is 1. The molecule has 2 aliphatic heterocycles. The Morgan fingerprint density at radius 3 is 2.97 bits per heavy atom. The summed E-state index contributed by atoms with van der Waals surface area (Å²) in [5.41, 5.74) is 2.36. The van der Waals surface area contributed by atoms with Crippen molar-refractivity contribution in [2.24, 2.45) is 0 Å². The standard InChI is InChI=1S/C21H22N4O5S.C2H6/c22-8-17-16-5-7-25(21(27)29-12-15-11-28-13-30-15)10-18(16)31-20(17)24-19(26)4-3-14-2-1-6-23-9-14;1-2/h1-2,6,9,15H,3-5,7,10-13H2,(H,24,26);1-2H3. The van der Waals surface area contributed by atoms with E-state index in [4.69, 9.17) is 14.2 Å². The number of carbonyl (C=O) groups excluding carboxylic acids is 2. The predicted molar refractivity (Wildman–Crippen MR) is 123 cm³/mol. The van der Waals surface area contributed by atoms with E-state index in [1.165, 1.54) is 11.3 Å². The zero-order valence-electron chi connectivity index (χ0n) is 18.8. The minimum Gasteiger partial charge on any atom is -0.447 e. The SMILES string of the molecule is CC.N#Cc1c(NC(=O)CCc2cccnc2)sc2c1CCN(C(=O)OCC1COCO1)C2. The largest absolute Gasteiger partial charge is 0.447 e. The van der Waals surface area contributed by atoms with E-state index < -0.39 is 6.09 Å². The summed E-state index contributed by atoms with van der Waals surface area (Å²) in [6.45, 7) is 5.58. The Morgan fingerprint density at radius 1 is 1.42 bits per heavy atom. The van der Waals surface area contributed by atoms with Gasteiger partial charge in [-0.15, -0.1) is 11.3 Å². The lowest BCUT2D eigenvalue weighted by Crippen LogP contribution is -2.37. The number of aromatic nitrogens is 1. The molecule has 1 saturated heterocycles. The second-order valence-corrected chi connectivity index (χ2v) is 8.36. The van der Waals surface area contributed by atoms with Crippen molar-refractivity contribution in [2.75, 3.05) is 31.9 Å². The number of anilines is 1. The molecule has 4 rings (SSSR count). The molecule has 0 spiro atoms. The fraction of sp³-hybridized carbons (Fsp3) is 0.478. The third-order valence-corrected chi connectivity index (χ3v) is 6.26. The van der Waals surface area contributed by atoms with E-state index in [0.29, 0.717) is 49.5 Å². The number of nitriles is 1. The molecule has 10 heteroatoms. The normalized spacial score (nSPS) is 16.8. The zero-order chi connectivity index (χ0) is 23.6. The van der Waals surface area contributed by atoms with E-state index >= 15 is 0 Å². The highest BCUT2D eigenvalue weighted by Gasteiger charge is 2.29. The van der Waals surface area contributed by atoms with Gasteiger partial charge in [0.1, 0.15) is 30.6 Å². The molecule has 1 fully saturated rings. The van der Waals surface area contributed by atoms with Crippen LogP contribution in [0.4, 0.5) is 9.80 Å². The molecule has 0 aliphatic carbocycles. The topological polar surface area (TPSA) is 114 Å². The maximum Gasteiger partial charge on any atom is 0.410 e. The van der Waals surface area contributed by atoms with Crippen molar-refractivity contribution >= 4 is 28.3 Å². The van der Waals surface area contributed by atoms with Gasteiger partial charge in [-0.1, -0.05) is 19.9 Å². The smallest absolute Gasteiger partial charge is 0.410 e. The lowest BCUT2D eigenvalue weighted by atomic mass is 10.0. The maximum absolute atomic E-state index is 12.4. The molecule has 2 aromatic heterocycles. The third kappa shape index (κ3) is 6.51. The van der Waals surface area contributed by atoms with Gasteiger partial charge < -0.3 is 24.4 Å². The number of nitrogens with zero attached hydrogens (tertiary/aromatic N) is 3. The highest BCUT2D eigenvalue weighted by atomic mass is 32.1. The number of hydrogen-bond acceptors (Lipinski definition) is 8. The van der Waals surface area contributed by atoms with E-state index in [1.54, 1.807) is 17.3 Å². The summed E-state index contributed by atoms with van der Waals surface area (Å²) in [7, 11) is 0. The molecule has 2 aromatic rings. The molecule has 1 unspecified atom stereocenters. The van der Waals surface area contributed by atoms with E-state index in [1.807, 2.05) is 26.0 Å². The van der Waals surface area contributed by atoms with Gasteiger partial charge in [0, 0.05) is 30.2 Å². The van der Waals surface area contributed by atoms with Crippen LogP contribution < -0.4 is 5.32 Å². The number of nitrogens with one attached hydrogen (secondary N) is 1. The second kappa shape index (κ2) is 12.3. The first-order valence-electron chi connectivity index (χ1n) is 11.0. The summed E-state index contributed by atoms with van der Waals surface area (Å²) in [6.07, 6.45) is 4.18. The van der Waals surface area contributed by atoms with Gasteiger partial charge in [0.2, 0.25) is 5.91 Å². The van der Waals surface area contributed by atoms with Crippen LogP contribution in [0.25, 0.3) is 0 Å². The van der Waals surface area contributed by atoms with Crippen LogP contribution in [0.3, 0.4) is 0 Å². The van der Waals surface area contributed by atoms with Crippen molar-refractivity contribution < 1.29 is 23.8 Å². The average molecular weight is 473 g/mol. The molecule has 9 nitrogen and oxygen atoms in total. The molecule has 33 heavy (non-hydrogen) atoms. The molecule has 2 aliphatic rings. The predicted octanol–water partition coefficient (Wildman–Crippen LogP) is 3.48.